The van der Waals surface area contributed by atoms with E-state index in [1.807, 2.05) is 12.1 Å². The van der Waals surface area contributed by atoms with E-state index < -0.39 is 0 Å². The van der Waals surface area contributed by atoms with Crippen LogP contribution in [0.4, 0.5) is 0 Å². The molecular weight excluding hydrogens is 198 g/mol. The van der Waals surface area contributed by atoms with Crippen LogP contribution in [0.1, 0.15) is 0 Å². The smallest absolute Gasteiger partial charge is 0.159 e. The number of hydrogen-bond donors (Lipinski definition) is 1. The summed E-state index contributed by atoms with van der Waals surface area (Å²) in [6.07, 6.45) is 5.28. The fraction of sp³-hybridized carbons (Fsp3) is 0. The van der Waals surface area contributed by atoms with E-state index in [0.717, 1.165) is 27.0 Å². The van der Waals surface area contributed by atoms with E-state index in [9.17, 15) is 0 Å². The lowest BCUT2D eigenvalue weighted by atomic mass is 10.2. The Morgan fingerprint density at radius 1 is 1.21 bits per heavy atom. The van der Waals surface area contributed by atoms with E-state index in [2.05, 4.69) is 15.0 Å². The quantitative estimate of drug-likeness (QED) is 0.611. The average Bonchev–Trinajstić information content (AvgIpc) is 2.65. The standard InChI is InChI=1S/C10H6ClN3/c11-7-2-4-12-8-5-14-10-6(9(7)8)1-3-13-10/h1-5,12H. The van der Waals surface area contributed by atoms with Gasteiger partial charge in [-0.25, -0.2) is 9.97 Å². The number of hydrogen-bond acceptors (Lipinski definition) is 2. The van der Waals surface area contributed by atoms with Gasteiger partial charge in [0.25, 0.3) is 0 Å². The first-order valence-corrected chi connectivity index (χ1v) is 4.60. The molecule has 0 bridgehead atoms. The molecule has 3 heterocycles. The minimum Gasteiger partial charge on any atom is -0.360 e. The number of nitrogens with zero attached hydrogens (tertiary/aromatic N) is 2. The van der Waals surface area contributed by atoms with E-state index in [0.29, 0.717) is 0 Å². The van der Waals surface area contributed by atoms with E-state index in [4.69, 9.17) is 11.6 Å². The fourth-order valence-electron chi connectivity index (χ4n) is 1.61. The van der Waals surface area contributed by atoms with Crippen molar-refractivity contribution in [2.75, 3.05) is 0 Å². The molecule has 4 heteroatoms. The summed E-state index contributed by atoms with van der Waals surface area (Å²) in [6.45, 7) is 0. The van der Waals surface area contributed by atoms with Crippen LogP contribution in [0.3, 0.4) is 0 Å². The Labute approximate surface area is 84.7 Å². The highest BCUT2D eigenvalue weighted by atomic mass is 35.5. The van der Waals surface area contributed by atoms with Crippen molar-refractivity contribution in [3.63, 3.8) is 0 Å². The first-order valence-electron chi connectivity index (χ1n) is 4.22. The molecular formula is C10H6ClN3. The second kappa shape index (κ2) is 2.69. The van der Waals surface area contributed by atoms with Gasteiger partial charge < -0.3 is 4.98 Å². The van der Waals surface area contributed by atoms with Crippen molar-refractivity contribution >= 4 is 33.5 Å². The summed E-state index contributed by atoms with van der Waals surface area (Å²) in [6, 6.07) is 3.75. The zero-order valence-electron chi connectivity index (χ0n) is 7.16. The highest BCUT2D eigenvalue weighted by molar-refractivity contribution is 6.37. The van der Waals surface area contributed by atoms with Gasteiger partial charge in [0.2, 0.25) is 0 Å². The van der Waals surface area contributed by atoms with Crippen LogP contribution in [-0.2, 0) is 0 Å². The van der Waals surface area contributed by atoms with Gasteiger partial charge in [-0.15, -0.1) is 0 Å². The van der Waals surface area contributed by atoms with E-state index in [1.165, 1.54) is 0 Å². The third kappa shape index (κ3) is 0.930. The maximum Gasteiger partial charge on any atom is 0.159 e. The zero-order valence-corrected chi connectivity index (χ0v) is 7.92. The molecule has 0 atom stereocenters. The van der Waals surface area contributed by atoms with Crippen molar-refractivity contribution in [1.29, 1.82) is 0 Å². The molecule has 0 fully saturated rings. The van der Waals surface area contributed by atoms with Gasteiger partial charge in [-0.05, 0) is 12.1 Å². The first-order chi connectivity index (χ1) is 6.86. The lowest BCUT2D eigenvalue weighted by Gasteiger charge is -2.00. The maximum absolute atomic E-state index is 6.12. The summed E-state index contributed by atoms with van der Waals surface area (Å²) >= 11 is 6.12. The van der Waals surface area contributed by atoms with Gasteiger partial charge in [0, 0.05) is 23.2 Å². The highest BCUT2D eigenvalue weighted by Gasteiger charge is 2.05. The molecule has 14 heavy (non-hydrogen) atoms. The van der Waals surface area contributed by atoms with Crippen molar-refractivity contribution in [3.05, 3.63) is 35.7 Å². The molecule has 0 unspecified atom stereocenters. The van der Waals surface area contributed by atoms with Crippen LogP contribution in [0.25, 0.3) is 21.9 Å². The van der Waals surface area contributed by atoms with Crippen molar-refractivity contribution in [1.82, 2.24) is 15.0 Å². The van der Waals surface area contributed by atoms with Gasteiger partial charge in [0.15, 0.2) is 5.65 Å². The predicted octanol–water partition coefficient (Wildman–Crippen LogP) is 2.76. The molecule has 3 nitrogen and oxygen atoms in total. The number of pyridine rings is 2. The highest BCUT2D eigenvalue weighted by Crippen LogP contribution is 2.27. The third-order valence-corrected chi connectivity index (χ3v) is 2.56. The van der Waals surface area contributed by atoms with Crippen molar-refractivity contribution in [3.8, 4) is 0 Å². The van der Waals surface area contributed by atoms with Crippen LogP contribution in [0, 0.1) is 0 Å². The molecule has 3 aromatic rings. The first kappa shape index (κ1) is 7.76. The Morgan fingerprint density at radius 3 is 3.07 bits per heavy atom. The Morgan fingerprint density at radius 2 is 2.14 bits per heavy atom. The molecule has 0 aliphatic heterocycles. The minimum atomic E-state index is 0.721. The van der Waals surface area contributed by atoms with E-state index >= 15 is 0 Å². The summed E-state index contributed by atoms with van der Waals surface area (Å²) in [5.41, 5.74) is 1.66. The summed E-state index contributed by atoms with van der Waals surface area (Å²) < 4.78 is 0. The van der Waals surface area contributed by atoms with Crippen LogP contribution in [0.5, 0.6) is 0 Å². The minimum absolute atomic E-state index is 0.721. The number of aromatic nitrogens is 3. The molecule has 0 saturated heterocycles. The normalized spacial score (nSPS) is 11.2. The third-order valence-electron chi connectivity index (χ3n) is 2.24. The van der Waals surface area contributed by atoms with E-state index in [1.54, 1.807) is 18.6 Å². The fourth-order valence-corrected chi connectivity index (χ4v) is 1.88. The zero-order chi connectivity index (χ0) is 9.54. The topological polar surface area (TPSA) is 41.6 Å². The molecule has 3 rings (SSSR count). The Balaban J connectivity index is 2.67. The second-order valence-electron chi connectivity index (χ2n) is 3.05. The van der Waals surface area contributed by atoms with Crippen molar-refractivity contribution in [2.24, 2.45) is 0 Å². The number of halogens is 1. The molecule has 0 radical (unpaired) electrons. The number of fused-ring (bicyclic) bond motifs is 3. The van der Waals surface area contributed by atoms with Gasteiger partial charge in [-0.2, -0.15) is 0 Å². The van der Waals surface area contributed by atoms with Crippen LogP contribution in [-0.4, -0.2) is 15.0 Å². The molecule has 1 N–H and O–H groups in total. The van der Waals surface area contributed by atoms with Gasteiger partial charge in [-0.1, -0.05) is 11.6 Å². The van der Waals surface area contributed by atoms with Crippen LogP contribution < -0.4 is 0 Å². The molecule has 0 aliphatic carbocycles. The van der Waals surface area contributed by atoms with Gasteiger partial charge in [0.1, 0.15) is 0 Å². The van der Waals surface area contributed by atoms with Gasteiger partial charge in [0.05, 0.1) is 16.7 Å². The van der Waals surface area contributed by atoms with Crippen molar-refractivity contribution in [2.45, 2.75) is 0 Å². The largest absolute Gasteiger partial charge is 0.360 e. The lowest BCUT2D eigenvalue weighted by Crippen LogP contribution is -1.83. The molecule has 0 amide bonds. The van der Waals surface area contributed by atoms with E-state index in [-0.39, 0.29) is 0 Å². The number of aromatic amines is 1. The molecule has 0 saturated carbocycles. The number of rotatable bonds is 0. The van der Waals surface area contributed by atoms with Gasteiger partial charge in [-0.3, -0.25) is 0 Å². The Hall–Kier alpha value is -1.61. The Kier molecular flexibility index (Phi) is 1.49. The summed E-state index contributed by atoms with van der Waals surface area (Å²) in [7, 11) is 0. The predicted molar refractivity (Wildman–Crippen MR) is 56.4 cm³/mol. The van der Waals surface area contributed by atoms with Crippen LogP contribution >= 0.6 is 11.6 Å². The Bertz CT molecular complexity index is 615. The summed E-state index contributed by atoms with van der Waals surface area (Å²) in [4.78, 5) is 11.4. The molecule has 0 spiro atoms. The lowest BCUT2D eigenvalue weighted by molar-refractivity contribution is 1.31. The summed E-state index contributed by atoms with van der Waals surface area (Å²) in [5, 5.41) is 2.69. The number of H-pyrrole nitrogens is 1. The molecule has 68 valence electrons. The number of nitrogens with one attached hydrogen (secondary N) is 1. The molecule has 3 aromatic heterocycles. The van der Waals surface area contributed by atoms with Crippen LogP contribution in [0.2, 0.25) is 5.02 Å². The molecule has 0 aliphatic rings. The average molecular weight is 204 g/mol. The van der Waals surface area contributed by atoms with Gasteiger partial charge >= 0.3 is 0 Å². The summed E-state index contributed by atoms with van der Waals surface area (Å²) in [5.74, 6) is 0. The molecule has 0 aromatic carbocycles. The SMILES string of the molecule is Clc1cc[nH]c2cnc3nccc3c12. The monoisotopic (exact) mass is 203 g/mol. The second-order valence-corrected chi connectivity index (χ2v) is 3.46. The maximum atomic E-state index is 6.12. The van der Waals surface area contributed by atoms with Crippen LogP contribution in [0.15, 0.2) is 30.7 Å². The van der Waals surface area contributed by atoms with Crippen molar-refractivity contribution < 1.29 is 0 Å².